The van der Waals surface area contributed by atoms with Crippen LogP contribution in [0.3, 0.4) is 0 Å². The van der Waals surface area contributed by atoms with E-state index in [1.54, 1.807) is 6.92 Å². The molecular weight excluding hydrogens is 368 g/mol. The zero-order chi connectivity index (χ0) is 20.8. The Morgan fingerprint density at radius 1 is 1.10 bits per heavy atom. The quantitative estimate of drug-likeness (QED) is 0.564. The molecule has 6 heteroatoms. The standard InChI is InChI=1S/C23H26N2O4/c1-3-21(23(27)28-4-2)29-18-10-11-20-19(13-18)17(12-22(24)26)15-25(20)14-16-8-6-5-7-9-16/h5-11,13,15,21H,3-4,12,14H2,1-2H3,(H2,24,26). The van der Waals surface area contributed by atoms with Crippen LogP contribution < -0.4 is 10.5 Å². The first kappa shape index (κ1) is 20.5. The predicted octanol–water partition coefficient (Wildman–Crippen LogP) is 3.44. The van der Waals surface area contributed by atoms with Gasteiger partial charge in [0.2, 0.25) is 5.91 Å². The summed E-state index contributed by atoms with van der Waals surface area (Å²) < 4.78 is 13.0. The van der Waals surface area contributed by atoms with Gasteiger partial charge >= 0.3 is 5.97 Å². The number of nitrogens with two attached hydrogens (primary N) is 1. The van der Waals surface area contributed by atoms with Crippen LogP contribution in [0.1, 0.15) is 31.4 Å². The van der Waals surface area contributed by atoms with Crippen molar-refractivity contribution in [3.8, 4) is 5.75 Å². The third kappa shape index (κ3) is 4.96. The fourth-order valence-corrected chi connectivity index (χ4v) is 3.36. The minimum absolute atomic E-state index is 0.136. The molecule has 0 aliphatic rings. The van der Waals surface area contributed by atoms with Crippen LogP contribution in [0.5, 0.6) is 5.75 Å². The molecule has 1 amide bonds. The lowest BCUT2D eigenvalue weighted by Crippen LogP contribution is -2.28. The van der Waals surface area contributed by atoms with E-state index in [2.05, 4.69) is 16.7 Å². The Labute approximate surface area is 170 Å². The zero-order valence-electron chi connectivity index (χ0n) is 16.8. The predicted molar refractivity (Wildman–Crippen MR) is 112 cm³/mol. The van der Waals surface area contributed by atoms with Crippen molar-refractivity contribution >= 4 is 22.8 Å². The summed E-state index contributed by atoms with van der Waals surface area (Å²) >= 11 is 0. The molecule has 0 aliphatic heterocycles. The van der Waals surface area contributed by atoms with E-state index in [4.69, 9.17) is 15.2 Å². The van der Waals surface area contributed by atoms with Gasteiger partial charge in [-0.3, -0.25) is 4.79 Å². The highest BCUT2D eigenvalue weighted by atomic mass is 16.6. The zero-order valence-corrected chi connectivity index (χ0v) is 16.8. The minimum Gasteiger partial charge on any atom is -0.479 e. The van der Waals surface area contributed by atoms with Gasteiger partial charge < -0.3 is 19.8 Å². The fraction of sp³-hybridized carbons (Fsp3) is 0.304. The average Bonchev–Trinajstić information content (AvgIpc) is 3.03. The topological polar surface area (TPSA) is 83.6 Å². The number of hydrogen-bond acceptors (Lipinski definition) is 4. The summed E-state index contributed by atoms with van der Waals surface area (Å²) in [6, 6.07) is 15.7. The molecule has 0 radical (unpaired) electrons. The summed E-state index contributed by atoms with van der Waals surface area (Å²) in [5.41, 5.74) is 8.41. The molecule has 0 saturated carbocycles. The van der Waals surface area contributed by atoms with Crippen LogP contribution in [0.2, 0.25) is 0 Å². The van der Waals surface area contributed by atoms with Gasteiger partial charge in [-0.05, 0) is 42.7 Å². The van der Waals surface area contributed by atoms with Crippen molar-refractivity contribution in [3.63, 3.8) is 0 Å². The van der Waals surface area contributed by atoms with Crippen LogP contribution in [0.25, 0.3) is 10.9 Å². The summed E-state index contributed by atoms with van der Waals surface area (Å²) in [4.78, 5) is 23.6. The first-order valence-corrected chi connectivity index (χ1v) is 9.79. The lowest BCUT2D eigenvalue weighted by Gasteiger charge is -2.16. The van der Waals surface area contributed by atoms with Crippen LogP contribution in [-0.2, 0) is 27.3 Å². The van der Waals surface area contributed by atoms with Gasteiger partial charge in [-0.1, -0.05) is 37.3 Å². The number of amides is 1. The van der Waals surface area contributed by atoms with Crippen molar-refractivity contribution in [1.29, 1.82) is 0 Å². The summed E-state index contributed by atoms with van der Waals surface area (Å²) in [5.74, 6) is -0.220. The monoisotopic (exact) mass is 394 g/mol. The Balaban J connectivity index is 1.95. The molecule has 152 valence electrons. The third-order valence-corrected chi connectivity index (χ3v) is 4.69. The van der Waals surface area contributed by atoms with Crippen molar-refractivity contribution in [1.82, 2.24) is 4.57 Å². The highest BCUT2D eigenvalue weighted by molar-refractivity contribution is 5.90. The summed E-state index contributed by atoms with van der Waals surface area (Å²) in [7, 11) is 0. The average molecular weight is 394 g/mol. The fourth-order valence-electron chi connectivity index (χ4n) is 3.36. The molecule has 1 aromatic heterocycles. The SMILES string of the molecule is CCOC(=O)C(CC)Oc1ccc2c(c1)c(CC(N)=O)cn2Cc1ccccc1. The maximum atomic E-state index is 12.0. The molecule has 0 saturated heterocycles. The van der Waals surface area contributed by atoms with Gasteiger partial charge in [0.15, 0.2) is 6.10 Å². The Morgan fingerprint density at radius 2 is 1.86 bits per heavy atom. The molecule has 2 N–H and O–H groups in total. The normalized spacial score (nSPS) is 11.9. The first-order valence-electron chi connectivity index (χ1n) is 9.79. The largest absolute Gasteiger partial charge is 0.479 e. The van der Waals surface area contributed by atoms with Gasteiger partial charge in [0.25, 0.3) is 0 Å². The Hall–Kier alpha value is -3.28. The second-order valence-corrected chi connectivity index (χ2v) is 6.86. The Morgan fingerprint density at radius 3 is 2.52 bits per heavy atom. The lowest BCUT2D eigenvalue weighted by molar-refractivity contribution is -0.151. The minimum atomic E-state index is -0.668. The van der Waals surface area contributed by atoms with Crippen molar-refractivity contribution in [2.75, 3.05) is 6.61 Å². The molecule has 6 nitrogen and oxygen atoms in total. The van der Waals surface area contributed by atoms with Crippen molar-refractivity contribution in [2.24, 2.45) is 5.73 Å². The van der Waals surface area contributed by atoms with Crippen LogP contribution >= 0.6 is 0 Å². The number of hydrogen-bond donors (Lipinski definition) is 1. The molecule has 29 heavy (non-hydrogen) atoms. The second-order valence-electron chi connectivity index (χ2n) is 6.86. The first-order chi connectivity index (χ1) is 14.0. The highest BCUT2D eigenvalue weighted by Gasteiger charge is 2.20. The van der Waals surface area contributed by atoms with Crippen LogP contribution in [0.4, 0.5) is 0 Å². The molecule has 0 bridgehead atoms. The number of esters is 1. The number of aromatic nitrogens is 1. The van der Waals surface area contributed by atoms with E-state index in [9.17, 15) is 9.59 Å². The summed E-state index contributed by atoms with van der Waals surface area (Å²) in [5, 5.41) is 0.885. The van der Waals surface area contributed by atoms with E-state index in [1.807, 2.05) is 49.5 Å². The molecule has 3 rings (SSSR count). The van der Waals surface area contributed by atoms with Crippen molar-refractivity contribution < 1.29 is 19.1 Å². The number of fused-ring (bicyclic) bond motifs is 1. The summed E-state index contributed by atoms with van der Waals surface area (Å²) in [6.07, 6.45) is 1.92. The lowest BCUT2D eigenvalue weighted by atomic mass is 10.1. The third-order valence-electron chi connectivity index (χ3n) is 4.69. The molecule has 0 aliphatic carbocycles. The number of primary amides is 1. The van der Waals surface area contributed by atoms with Crippen molar-refractivity contribution in [2.45, 2.75) is 39.3 Å². The van der Waals surface area contributed by atoms with Gasteiger partial charge in [0.1, 0.15) is 5.75 Å². The van der Waals surface area contributed by atoms with E-state index in [0.717, 1.165) is 22.0 Å². The van der Waals surface area contributed by atoms with E-state index in [0.29, 0.717) is 25.3 Å². The number of nitrogens with zero attached hydrogens (tertiary/aromatic N) is 1. The van der Waals surface area contributed by atoms with Crippen LogP contribution in [0, 0.1) is 0 Å². The van der Waals surface area contributed by atoms with Gasteiger partial charge in [-0.15, -0.1) is 0 Å². The van der Waals surface area contributed by atoms with Gasteiger partial charge in [-0.25, -0.2) is 4.79 Å². The van der Waals surface area contributed by atoms with Crippen LogP contribution in [0.15, 0.2) is 54.7 Å². The summed E-state index contributed by atoms with van der Waals surface area (Å²) in [6.45, 7) is 4.62. The smallest absolute Gasteiger partial charge is 0.347 e. The number of carbonyl (C=O) groups excluding carboxylic acids is 2. The molecule has 1 unspecified atom stereocenters. The molecule has 1 atom stereocenters. The second kappa shape index (κ2) is 9.28. The molecule has 0 fully saturated rings. The van der Waals surface area contributed by atoms with Gasteiger partial charge in [0, 0.05) is 23.6 Å². The van der Waals surface area contributed by atoms with Crippen molar-refractivity contribution in [3.05, 3.63) is 65.9 Å². The van der Waals surface area contributed by atoms with E-state index < -0.39 is 12.0 Å². The molecule has 0 spiro atoms. The number of carbonyl (C=O) groups is 2. The number of rotatable bonds is 9. The van der Waals surface area contributed by atoms with Gasteiger partial charge in [-0.2, -0.15) is 0 Å². The maximum absolute atomic E-state index is 12.0. The Bertz CT molecular complexity index is 995. The molecule has 1 heterocycles. The number of ether oxygens (including phenoxy) is 2. The number of benzene rings is 2. The van der Waals surface area contributed by atoms with E-state index >= 15 is 0 Å². The van der Waals surface area contributed by atoms with E-state index in [1.165, 1.54) is 0 Å². The molecule has 2 aromatic carbocycles. The molecule has 3 aromatic rings. The Kier molecular flexibility index (Phi) is 6.54. The maximum Gasteiger partial charge on any atom is 0.347 e. The molecular formula is C23H26N2O4. The highest BCUT2D eigenvalue weighted by Crippen LogP contribution is 2.28. The van der Waals surface area contributed by atoms with E-state index in [-0.39, 0.29) is 12.4 Å². The van der Waals surface area contributed by atoms with Crippen LogP contribution in [-0.4, -0.2) is 29.2 Å². The van der Waals surface area contributed by atoms with Gasteiger partial charge in [0.05, 0.1) is 13.0 Å².